The van der Waals surface area contributed by atoms with Gasteiger partial charge in [0.25, 0.3) is 0 Å². The van der Waals surface area contributed by atoms with Gasteiger partial charge in [-0.1, -0.05) is 42.5 Å². The molecule has 0 atom stereocenters. The summed E-state index contributed by atoms with van der Waals surface area (Å²) in [4.78, 5) is 10.8. The molecule has 22 heavy (non-hydrogen) atoms. The number of hydrogen-bond donors (Lipinski definition) is 2. The lowest BCUT2D eigenvalue weighted by Gasteiger charge is -2.26. The lowest BCUT2D eigenvalue weighted by Crippen LogP contribution is -2.39. The zero-order chi connectivity index (χ0) is 16.0. The average Bonchev–Trinajstić information content (AvgIpc) is 2.53. The minimum atomic E-state index is -0.886. The Morgan fingerprint density at radius 1 is 1.00 bits per heavy atom. The second kappa shape index (κ2) is 7.23. The van der Waals surface area contributed by atoms with Crippen LogP contribution in [0.5, 0.6) is 0 Å². The first-order valence-electron chi connectivity index (χ1n) is 7.57. The van der Waals surface area contributed by atoms with Crippen LogP contribution in [0, 0.1) is 0 Å². The number of benzene rings is 2. The van der Waals surface area contributed by atoms with Crippen molar-refractivity contribution in [3.05, 3.63) is 71.3 Å². The topological polar surface area (TPSA) is 49.3 Å². The molecule has 0 saturated carbocycles. The molecule has 0 spiro atoms. The summed E-state index contributed by atoms with van der Waals surface area (Å²) < 4.78 is 0. The highest BCUT2D eigenvalue weighted by atomic mass is 16.4. The fraction of sp³-hybridized carbons (Fsp3) is 0.316. The quantitative estimate of drug-likeness (QED) is 0.815. The minimum absolute atomic E-state index is 0.0291. The molecule has 0 unspecified atom stereocenters. The van der Waals surface area contributed by atoms with Crippen LogP contribution < -0.4 is 5.32 Å². The molecule has 0 radical (unpaired) electrons. The zero-order valence-corrected chi connectivity index (χ0v) is 13.2. The molecule has 3 heteroatoms. The Kier molecular flexibility index (Phi) is 5.34. The second-order valence-electron chi connectivity index (χ2n) is 6.23. The SMILES string of the molecule is CC(C)(CCc1ccccc1)NCc1ccc(C(=O)O)cc1. The predicted molar refractivity (Wildman–Crippen MR) is 89.1 cm³/mol. The van der Waals surface area contributed by atoms with Crippen molar-refractivity contribution in [1.29, 1.82) is 0 Å². The number of carboxylic acid groups (broad SMARTS) is 1. The number of carboxylic acids is 1. The molecule has 0 aliphatic rings. The van der Waals surface area contributed by atoms with Crippen LogP contribution in [-0.4, -0.2) is 16.6 Å². The van der Waals surface area contributed by atoms with Gasteiger partial charge in [0, 0.05) is 12.1 Å². The largest absolute Gasteiger partial charge is 0.478 e. The van der Waals surface area contributed by atoms with Gasteiger partial charge in [-0.15, -0.1) is 0 Å². The van der Waals surface area contributed by atoms with Gasteiger partial charge in [0.1, 0.15) is 0 Å². The lowest BCUT2D eigenvalue weighted by atomic mass is 9.95. The number of aryl methyl sites for hydroxylation is 1. The molecule has 3 nitrogen and oxygen atoms in total. The Hall–Kier alpha value is -2.13. The Morgan fingerprint density at radius 3 is 2.23 bits per heavy atom. The van der Waals surface area contributed by atoms with E-state index in [2.05, 4.69) is 43.4 Å². The molecule has 2 N–H and O–H groups in total. The fourth-order valence-electron chi connectivity index (χ4n) is 2.30. The standard InChI is InChI=1S/C19H23NO2/c1-19(2,13-12-15-6-4-3-5-7-15)20-14-16-8-10-17(11-9-16)18(21)22/h3-11,20H,12-14H2,1-2H3,(H,21,22). The summed E-state index contributed by atoms with van der Waals surface area (Å²) in [5, 5.41) is 12.4. The molecule has 2 aromatic rings. The van der Waals surface area contributed by atoms with Crippen LogP contribution in [0.2, 0.25) is 0 Å². The van der Waals surface area contributed by atoms with Gasteiger partial charge in [0.15, 0.2) is 0 Å². The molecule has 2 rings (SSSR count). The van der Waals surface area contributed by atoms with Crippen molar-refractivity contribution < 1.29 is 9.90 Å². The maximum Gasteiger partial charge on any atom is 0.335 e. The van der Waals surface area contributed by atoms with Crippen molar-refractivity contribution in [2.75, 3.05) is 0 Å². The van der Waals surface area contributed by atoms with Crippen LogP contribution in [0.4, 0.5) is 0 Å². The Morgan fingerprint density at radius 2 is 1.64 bits per heavy atom. The highest BCUT2D eigenvalue weighted by molar-refractivity contribution is 5.87. The first kappa shape index (κ1) is 16.2. The Bertz CT molecular complexity index is 603. The lowest BCUT2D eigenvalue weighted by molar-refractivity contribution is 0.0697. The van der Waals surface area contributed by atoms with Crippen LogP contribution >= 0.6 is 0 Å². The molecular weight excluding hydrogens is 274 g/mol. The van der Waals surface area contributed by atoms with Crippen LogP contribution in [0.3, 0.4) is 0 Å². The molecule has 2 aromatic carbocycles. The van der Waals surface area contributed by atoms with E-state index in [1.807, 2.05) is 18.2 Å². The summed E-state index contributed by atoms with van der Waals surface area (Å²) in [5.74, 6) is -0.886. The molecule has 0 aliphatic heterocycles. The third-order valence-corrected chi connectivity index (χ3v) is 3.85. The van der Waals surface area contributed by atoms with Crippen molar-refractivity contribution in [2.24, 2.45) is 0 Å². The summed E-state index contributed by atoms with van der Waals surface area (Å²) in [7, 11) is 0. The number of carbonyl (C=O) groups is 1. The van der Waals surface area contributed by atoms with E-state index in [0.717, 1.165) is 24.9 Å². The van der Waals surface area contributed by atoms with E-state index in [4.69, 9.17) is 5.11 Å². The molecule has 0 aromatic heterocycles. The van der Waals surface area contributed by atoms with Gasteiger partial charge in [-0.05, 0) is 49.9 Å². The highest BCUT2D eigenvalue weighted by Gasteiger charge is 2.16. The molecular formula is C19H23NO2. The molecule has 116 valence electrons. The van der Waals surface area contributed by atoms with Crippen molar-refractivity contribution >= 4 is 5.97 Å². The second-order valence-corrected chi connectivity index (χ2v) is 6.23. The molecule has 0 saturated heterocycles. The minimum Gasteiger partial charge on any atom is -0.478 e. The van der Waals surface area contributed by atoms with Gasteiger partial charge in [0.05, 0.1) is 5.56 Å². The van der Waals surface area contributed by atoms with E-state index >= 15 is 0 Å². The molecule has 0 fully saturated rings. The van der Waals surface area contributed by atoms with Gasteiger partial charge in [0.2, 0.25) is 0 Å². The number of rotatable bonds is 7. The Labute approximate surface area is 132 Å². The van der Waals surface area contributed by atoms with Gasteiger partial charge in [-0.25, -0.2) is 4.79 Å². The number of aromatic carboxylic acids is 1. The summed E-state index contributed by atoms with van der Waals surface area (Å²) in [6.45, 7) is 5.13. The molecule has 0 heterocycles. The van der Waals surface area contributed by atoms with Crippen LogP contribution in [0.25, 0.3) is 0 Å². The summed E-state index contributed by atoms with van der Waals surface area (Å²) >= 11 is 0. The van der Waals surface area contributed by atoms with Crippen LogP contribution in [0.15, 0.2) is 54.6 Å². The summed E-state index contributed by atoms with van der Waals surface area (Å²) in [6.07, 6.45) is 2.09. The van der Waals surface area contributed by atoms with Crippen molar-refractivity contribution in [3.63, 3.8) is 0 Å². The van der Waals surface area contributed by atoms with Crippen molar-refractivity contribution in [3.8, 4) is 0 Å². The normalized spacial score (nSPS) is 11.4. The first-order chi connectivity index (χ1) is 10.5. The number of hydrogen-bond acceptors (Lipinski definition) is 2. The molecule has 0 amide bonds. The average molecular weight is 297 g/mol. The summed E-state index contributed by atoms with van der Waals surface area (Å²) in [5.41, 5.74) is 2.80. The molecule has 0 bridgehead atoms. The highest BCUT2D eigenvalue weighted by Crippen LogP contribution is 2.15. The third-order valence-electron chi connectivity index (χ3n) is 3.85. The maximum atomic E-state index is 10.8. The van der Waals surface area contributed by atoms with E-state index in [1.165, 1.54) is 5.56 Å². The van der Waals surface area contributed by atoms with E-state index in [0.29, 0.717) is 5.56 Å². The van der Waals surface area contributed by atoms with E-state index in [1.54, 1.807) is 12.1 Å². The maximum absolute atomic E-state index is 10.8. The van der Waals surface area contributed by atoms with Crippen molar-refractivity contribution in [1.82, 2.24) is 5.32 Å². The van der Waals surface area contributed by atoms with E-state index < -0.39 is 5.97 Å². The first-order valence-corrected chi connectivity index (χ1v) is 7.57. The molecule has 0 aliphatic carbocycles. The Balaban J connectivity index is 1.85. The monoisotopic (exact) mass is 297 g/mol. The fourth-order valence-corrected chi connectivity index (χ4v) is 2.30. The van der Waals surface area contributed by atoms with Gasteiger partial charge < -0.3 is 10.4 Å². The van der Waals surface area contributed by atoms with Crippen LogP contribution in [0.1, 0.15) is 41.8 Å². The number of nitrogens with one attached hydrogen (secondary N) is 1. The predicted octanol–water partition coefficient (Wildman–Crippen LogP) is 3.89. The summed E-state index contributed by atoms with van der Waals surface area (Å²) in [6, 6.07) is 17.5. The third kappa shape index (κ3) is 5.01. The van der Waals surface area contributed by atoms with Crippen LogP contribution in [-0.2, 0) is 13.0 Å². The van der Waals surface area contributed by atoms with Gasteiger partial charge >= 0.3 is 5.97 Å². The smallest absolute Gasteiger partial charge is 0.335 e. The van der Waals surface area contributed by atoms with Gasteiger partial charge in [-0.3, -0.25) is 0 Å². The van der Waals surface area contributed by atoms with E-state index in [-0.39, 0.29) is 5.54 Å². The van der Waals surface area contributed by atoms with E-state index in [9.17, 15) is 4.79 Å². The zero-order valence-electron chi connectivity index (χ0n) is 13.2. The van der Waals surface area contributed by atoms with Crippen molar-refractivity contribution in [2.45, 2.75) is 38.8 Å². The van der Waals surface area contributed by atoms with Gasteiger partial charge in [-0.2, -0.15) is 0 Å².